The van der Waals surface area contributed by atoms with Gasteiger partial charge in [-0.25, -0.2) is 0 Å². The van der Waals surface area contributed by atoms with Crippen LogP contribution in [-0.2, 0) is 19.1 Å². The third kappa shape index (κ3) is 5.45. The second-order valence-corrected chi connectivity index (χ2v) is 12.4. The molecule has 0 radical (unpaired) electrons. The topological polar surface area (TPSA) is 63.7 Å². The molecule has 0 spiro atoms. The Labute approximate surface area is 204 Å². The highest BCUT2D eigenvalue weighted by Gasteiger charge is 2.41. The van der Waals surface area contributed by atoms with E-state index in [1.54, 1.807) is 0 Å². The van der Waals surface area contributed by atoms with Crippen molar-refractivity contribution in [3.05, 3.63) is 40.1 Å². The van der Waals surface area contributed by atoms with Crippen LogP contribution in [0.5, 0.6) is 0 Å². The SMILES string of the molecule is Cc1cc(C)c(C2=C(OC(=O)C(C)(C)C)CC(CC3CCN(C(=O)C(C)(C)C)C3)C2=O)c(C)c1. The van der Waals surface area contributed by atoms with Crippen molar-refractivity contribution in [2.75, 3.05) is 13.1 Å². The Morgan fingerprint density at radius 3 is 2.12 bits per heavy atom. The van der Waals surface area contributed by atoms with Crippen LogP contribution >= 0.6 is 0 Å². The number of ether oxygens (including phenoxy) is 1. The number of benzene rings is 1. The first-order valence-electron chi connectivity index (χ1n) is 12.5. The first kappa shape index (κ1) is 26.2. The summed E-state index contributed by atoms with van der Waals surface area (Å²) < 4.78 is 5.91. The van der Waals surface area contributed by atoms with E-state index in [2.05, 4.69) is 12.1 Å². The third-order valence-electron chi connectivity index (χ3n) is 6.92. The molecule has 1 amide bonds. The van der Waals surface area contributed by atoms with Gasteiger partial charge in [-0.1, -0.05) is 38.5 Å². The lowest BCUT2D eigenvalue weighted by Gasteiger charge is -2.26. The van der Waals surface area contributed by atoms with Gasteiger partial charge in [0.2, 0.25) is 5.91 Å². The second kappa shape index (κ2) is 9.31. The van der Waals surface area contributed by atoms with E-state index in [0.717, 1.165) is 35.2 Å². The summed E-state index contributed by atoms with van der Waals surface area (Å²) in [5, 5.41) is 0. The van der Waals surface area contributed by atoms with E-state index in [1.165, 1.54) is 0 Å². The van der Waals surface area contributed by atoms with Crippen molar-refractivity contribution >= 4 is 23.2 Å². The number of hydrogen-bond donors (Lipinski definition) is 0. The molecule has 1 aliphatic heterocycles. The number of allylic oxidation sites excluding steroid dienone is 2. The summed E-state index contributed by atoms with van der Waals surface area (Å²) in [7, 11) is 0. The molecule has 2 unspecified atom stereocenters. The monoisotopic (exact) mass is 467 g/mol. The fourth-order valence-corrected chi connectivity index (χ4v) is 5.23. The maximum Gasteiger partial charge on any atom is 0.316 e. The van der Waals surface area contributed by atoms with Crippen LogP contribution in [0, 0.1) is 43.4 Å². The van der Waals surface area contributed by atoms with Crippen molar-refractivity contribution in [3.8, 4) is 0 Å². The lowest BCUT2D eigenvalue weighted by atomic mass is 9.87. The molecule has 34 heavy (non-hydrogen) atoms. The molecule has 0 bridgehead atoms. The van der Waals surface area contributed by atoms with Crippen LogP contribution in [0.1, 0.15) is 83.1 Å². The van der Waals surface area contributed by atoms with E-state index in [-0.39, 0.29) is 29.5 Å². The molecule has 1 aromatic carbocycles. The third-order valence-corrected chi connectivity index (χ3v) is 6.92. The maximum absolute atomic E-state index is 13.8. The number of aryl methyl sites for hydroxylation is 3. The van der Waals surface area contributed by atoms with Gasteiger partial charge < -0.3 is 9.64 Å². The fraction of sp³-hybridized carbons (Fsp3) is 0.621. The summed E-state index contributed by atoms with van der Waals surface area (Å²) >= 11 is 0. The van der Waals surface area contributed by atoms with E-state index in [1.807, 2.05) is 67.2 Å². The summed E-state index contributed by atoms with van der Waals surface area (Å²) in [6.45, 7) is 18.8. The molecular formula is C29H41NO4. The average Bonchev–Trinajstić information content (AvgIpc) is 3.25. The number of Topliss-reactive ketones (excluding diaryl/α,β-unsaturated/α-hetero) is 1. The van der Waals surface area contributed by atoms with Crippen LogP contribution in [-0.4, -0.2) is 35.6 Å². The molecule has 0 aromatic heterocycles. The molecule has 5 nitrogen and oxygen atoms in total. The minimum atomic E-state index is -0.657. The number of rotatable bonds is 4. The molecule has 186 valence electrons. The number of nitrogens with zero attached hydrogens (tertiary/aromatic N) is 1. The Balaban J connectivity index is 1.87. The summed E-state index contributed by atoms with van der Waals surface area (Å²) in [6.07, 6.45) is 2.05. The highest BCUT2D eigenvalue weighted by molar-refractivity contribution is 6.25. The Kier molecular flexibility index (Phi) is 7.17. The first-order chi connectivity index (χ1) is 15.6. The van der Waals surface area contributed by atoms with Crippen LogP contribution in [0.3, 0.4) is 0 Å². The molecule has 1 heterocycles. The zero-order chi connectivity index (χ0) is 25.6. The van der Waals surface area contributed by atoms with E-state index in [0.29, 0.717) is 30.7 Å². The standard InChI is InChI=1S/C29H41NO4/c1-17-12-18(2)23(19(3)13-17)24-22(34-27(33)29(7,8)9)15-21(25(24)31)14-20-10-11-30(16-20)26(32)28(4,5)6/h12-13,20-21H,10-11,14-16H2,1-9H3. The lowest BCUT2D eigenvalue weighted by Crippen LogP contribution is -2.38. The van der Waals surface area contributed by atoms with Crippen molar-refractivity contribution in [3.63, 3.8) is 0 Å². The molecule has 1 aromatic rings. The smallest absolute Gasteiger partial charge is 0.316 e. The van der Waals surface area contributed by atoms with E-state index >= 15 is 0 Å². The van der Waals surface area contributed by atoms with E-state index < -0.39 is 10.8 Å². The van der Waals surface area contributed by atoms with Crippen molar-refractivity contribution in [2.24, 2.45) is 22.7 Å². The van der Waals surface area contributed by atoms with Gasteiger partial charge in [-0.15, -0.1) is 0 Å². The molecule has 1 aliphatic carbocycles. The molecule has 0 N–H and O–H groups in total. The van der Waals surface area contributed by atoms with Gasteiger partial charge in [0.15, 0.2) is 5.78 Å². The predicted molar refractivity (Wildman–Crippen MR) is 135 cm³/mol. The minimum Gasteiger partial charge on any atom is -0.430 e. The average molecular weight is 468 g/mol. The highest BCUT2D eigenvalue weighted by Crippen LogP contribution is 2.42. The van der Waals surface area contributed by atoms with Crippen molar-refractivity contribution in [2.45, 2.75) is 81.6 Å². The van der Waals surface area contributed by atoms with Gasteiger partial charge in [0.25, 0.3) is 0 Å². The number of amides is 1. The van der Waals surface area contributed by atoms with Crippen LogP contribution < -0.4 is 0 Å². The number of likely N-dealkylation sites (tertiary alicyclic amines) is 1. The number of carbonyl (C=O) groups excluding carboxylic acids is 3. The molecular weight excluding hydrogens is 426 g/mol. The summed E-state index contributed by atoms with van der Waals surface area (Å²) in [5.74, 6) is 0.459. The summed E-state index contributed by atoms with van der Waals surface area (Å²) in [6, 6.07) is 4.15. The lowest BCUT2D eigenvalue weighted by molar-refractivity contribution is -0.148. The second-order valence-electron chi connectivity index (χ2n) is 12.4. The van der Waals surface area contributed by atoms with Crippen LogP contribution in [0.25, 0.3) is 5.57 Å². The van der Waals surface area contributed by atoms with E-state index in [4.69, 9.17) is 4.74 Å². The zero-order valence-electron chi connectivity index (χ0n) is 22.4. The molecule has 5 heteroatoms. The number of ketones is 1. The van der Waals surface area contributed by atoms with Crippen LogP contribution in [0.4, 0.5) is 0 Å². The Morgan fingerprint density at radius 2 is 1.59 bits per heavy atom. The van der Waals surface area contributed by atoms with Crippen molar-refractivity contribution in [1.82, 2.24) is 4.90 Å². The van der Waals surface area contributed by atoms with Gasteiger partial charge in [-0.05, 0) is 77.0 Å². The van der Waals surface area contributed by atoms with Crippen LogP contribution in [0.15, 0.2) is 17.9 Å². The van der Waals surface area contributed by atoms with Gasteiger partial charge in [-0.2, -0.15) is 0 Å². The molecule has 3 rings (SSSR count). The molecule has 2 atom stereocenters. The number of carbonyl (C=O) groups is 3. The van der Waals surface area contributed by atoms with Gasteiger partial charge >= 0.3 is 5.97 Å². The zero-order valence-corrected chi connectivity index (χ0v) is 22.4. The van der Waals surface area contributed by atoms with E-state index in [9.17, 15) is 14.4 Å². The first-order valence-corrected chi connectivity index (χ1v) is 12.5. The maximum atomic E-state index is 13.8. The largest absolute Gasteiger partial charge is 0.430 e. The van der Waals surface area contributed by atoms with Crippen molar-refractivity contribution in [1.29, 1.82) is 0 Å². The molecule has 0 saturated carbocycles. The Hall–Kier alpha value is -2.43. The van der Waals surface area contributed by atoms with Gasteiger partial charge in [0, 0.05) is 30.8 Å². The minimum absolute atomic E-state index is 0.0624. The van der Waals surface area contributed by atoms with Crippen LogP contribution in [0.2, 0.25) is 0 Å². The molecule has 1 fully saturated rings. The van der Waals surface area contributed by atoms with Gasteiger partial charge in [0.1, 0.15) is 5.76 Å². The summed E-state index contributed by atoms with van der Waals surface area (Å²) in [4.78, 5) is 41.2. The normalized spacial score (nSPS) is 21.4. The molecule has 1 saturated heterocycles. The Bertz CT molecular complexity index is 1010. The highest BCUT2D eigenvalue weighted by atomic mass is 16.5. The fourth-order valence-electron chi connectivity index (χ4n) is 5.23. The Morgan fingerprint density at radius 1 is 1.00 bits per heavy atom. The summed E-state index contributed by atoms with van der Waals surface area (Å²) in [5.41, 5.74) is 3.59. The van der Waals surface area contributed by atoms with Gasteiger partial charge in [-0.3, -0.25) is 14.4 Å². The van der Waals surface area contributed by atoms with Crippen molar-refractivity contribution < 1.29 is 19.1 Å². The quantitative estimate of drug-likeness (QED) is 0.526. The van der Waals surface area contributed by atoms with Gasteiger partial charge in [0.05, 0.1) is 11.0 Å². The number of esters is 1. The molecule has 2 aliphatic rings. The number of hydrogen-bond acceptors (Lipinski definition) is 4. The predicted octanol–water partition coefficient (Wildman–Crippen LogP) is 5.79.